The van der Waals surface area contributed by atoms with Crippen molar-refractivity contribution in [3.63, 3.8) is 0 Å². The highest BCUT2D eigenvalue weighted by Crippen LogP contribution is 2.49. The van der Waals surface area contributed by atoms with Crippen LogP contribution in [-0.4, -0.2) is 76.5 Å². The fourth-order valence-corrected chi connectivity index (χ4v) is 8.32. The molecule has 5 amide bonds. The Bertz CT molecular complexity index is 2250. The lowest BCUT2D eigenvalue weighted by atomic mass is 9.65. The van der Waals surface area contributed by atoms with Crippen LogP contribution in [0.5, 0.6) is 11.5 Å². The Morgan fingerprint density at radius 1 is 0.934 bits per heavy atom. The van der Waals surface area contributed by atoms with Crippen LogP contribution in [0.4, 0.5) is 4.79 Å². The van der Waals surface area contributed by atoms with Crippen LogP contribution in [0.25, 0.3) is 0 Å². The molecule has 3 aromatic carbocycles. The molecule has 2 N–H and O–H groups in total. The van der Waals surface area contributed by atoms with Gasteiger partial charge in [0.15, 0.2) is 11.8 Å². The number of carbonyl (C=O) groups is 5. The summed E-state index contributed by atoms with van der Waals surface area (Å²) in [6, 6.07) is 18.4. The first-order valence-electron chi connectivity index (χ1n) is 21.0. The second-order valence-electron chi connectivity index (χ2n) is 17.1. The van der Waals surface area contributed by atoms with Crippen LogP contribution < -0.4 is 20.1 Å². The fourth-order valence-electron chi connectivity index (χ4n) is 8.14. The van der Waals surface area contributed by atoms with Crippen LogP contribution in [0.15, 0.2) is 95.7 Å². The Balaban J connectivity index is 1.36. The molecule has 4 atom stereocenters. The maximum absolute atomic E-state index is 14.7. The second-order valence-corrected chi connectivity index (χ2v) is 17.5. The molecule has 13 heteroatoms. The quantitative estimate of drug-likeness (QED) is 0.0601. The topological polar surface area (TPSA) is 144 Å². The van der Waals surface area contributed by atoms with E-state index in [1.165, 1.54) is 29.7 Å². The summed E-state index contributed by atoms with van der Waals surface area (Å²) in [5.41, 5.74) is 0.105. The van der Waals surface area contributed by atoms with Crippen LogP contribution in [0.2, 0.25) is 0 Å². The van der Waals surface area contributed by atoms with Gasteiger partial charge < -0.3 is 24.8 Å². The lowest BCUT2D eigenvalue weighted by Gasteiger charge is -2.57. The number of nitrogens with one attached hydrogen (secondary N) is 2. The average Bonchev–Trinajstić information content (AvgIpc) is 3.47. The maximum Gasteiger partial charge on any atom is 0.330 e. The molecule has 1 spiro atoms. The number of nitrogens with zero attached hydrogens (tertiary/aromatic N) is 2. The van der Waals surface area contributed by atoms with Gasteiger partial charge in [-0.3, -0.25) is 24.1 Å². The Morgan fingerprint density at radius 3 is 2.20 bits per heavy atom. The first kappa shape index (κ1) is 45.1. The van der Waals surface area contributed by atoms with Gasteiger partial charge in [-0.1, -0.05) is 109 Å². The van der Waals surface area contributed by atoms with Crippen LogP contribution in [0.3, 0.4) is 0 Å². The van der Waals surface area contributed by atoms with Crippen LogP contribution >= 0.6 is 11.6 Å². The summed E-state index contributed by atoms with van der Waals surface area (Å²) in [6.45, 7) is 16.6. The average molecular weight is 853 g/mol. The molecular weight excluding hydrogens is 796 g/mol. The molecule has 3 aromatic rings. The number of imide groups is 1. The Kier molecular flexibility index (Phi) is 12.9. The number of benzene rings is 3. The van der Waals surface area contributed by atoms with Crippen LogP contribution in [0.1, 0.15) is 108 Å². The van der Waals surface area contributed by atoms with Crippen LogP contribution in [-0.2, 0) is 36.5 Å². The highest BCUT2D eigenvalue weighted by Gasteiger charge is 2.67. The van der Waals surface area contributed by atoms with Gasteiger partial charge >= 0.3 is 6.03 Å². The molecular formula is C48H57ClN4O8. The zero-order valence-corrected chi connectivity index (χ0v) is 37.3. The van der Waals surface area contributed by atoms with Crippen molar-refractivity contribution in [1.82, 2.24) is 20.4 Å². The number of ketones is 1. The summed E-state index contributed by atoms with van der Waals surface area (Å²) in [5, 5.41) is 6.00. The number of hydrogen-bond donors (Lipinski definition) is 2. The van der Waals surface area contributed by atoms with Gasteiger partial charge in [0, 0.05) is 29.9 Å². The Hall–Kier alpha value is -5.46. The SMILES string of the molecule is CCOC1C(=O)N(C(C(=O)NC2=C(Cl)C=CC3(C2)NC(=O)C3(CC)Oc2ccc(C(C)(C)CC)cc2C(C)(C)CC)C(=O)c2ccc(OC)cc2)C(=O)N1Cc1ccccc1. The minimum atomic E-state index is -1.97. The number of rotatable bonds is 17. The lowest BCUT2D eigenvalue weighted by Crippen LogP contribution is -2.83. The van der Waals surface area contributed by atoms with E-state index in [4.69, 9.17) is 25.8 Å². The van der Waals surface area contributed by atoms with Crippen molar-refractivity contribution in [2.75, 3.05) is 13.7 Å². The summed E-state index contributed by atoms with van der Waals surface area (Å²) in [4.78, 5) is 73.6. The van der Waals surface area contributed by atoms with Gasteiger partial charge in [-0.05, 0) is 84.6 Å². The molecule has 2 aliphatic heterocycles. The number of methoxy groups -OCH3 is 1. The summed E-state index contributed by atoms with van der Waals surface area (Å²) >= 11 is 6.83. The molecule has 2 fully saturated rings. The summed E-state index contributed by atoms with van der Waals surface area (Å²) in [7, 11) is 1.48. The zero-order chi connectivity index (χ0) is 44.5. The lowest BCUT2D eigenvalue weighted by molar-refractivity contribution is -0.165. The number of amides is 5. The van der Waals surface area contributed by atoms with Gasteiger partial charge in [0.2, 0.25) is 11.8 Å². The maximum atomic E-state index is 14.7. The minimum absolute atomic E-state index is 0.0169. The first-order valence-corrected chi connectivity index (χ1v) is 21.3. The number of halogens is 1. The molecule has 0 aromatic heterocycles. The van der Waals surface area contributed by atoms with Crippen molar-refractivity contribution >= 4 is 41.1 Å². The number of β-lactam (4-membered cyclic amide) rings is 1. The van der Waals surface area contributed by atoms with E-state index < -0.39 is 47.0 Å². The van der Waals surface area contributed by atoms with E-state index in [0.717, 1.165) is 18.4 Å². The molecule has 61 heavy (non-hydrogen) atoms. The highest BCUT2D eigenvalue weighted by molar-refractivity contribution is 6.32. The zero-order valence-electron chi connectivity index (χ0n) is 36.5. The van der Waals surface area contributed by atoms with Gasteiger partial charge in [-0.25, -0.2) is 9.69 Å². The number of ether oxygens (including phenoxy) is 3. The van der Waals surface area contributed by atoms with Gasteiger partial charge in [-0.15, -0.1) is 0 Å². The molecule has 0 saturated carbocycles. The number of allylic oxidation sites excluding steroid dienone is 2. The first-order chi connectivity index (χ1) is 28.9. The predicted octanol–water partition coefficient (Wildman–Crippen LogP) is 8.07. The van der Waals surface area contributed by atoms with Crippen molar-refractivity contribution in [2.24, 2.45) is 0 Å². The van der Waals surface area contributed by atoms with E-state index in [9.17, 15) is 24.0 Å². The van der Waals surface area contributed by atoms with Crippen molar-refractivity contribution in [3.05, 3.63) is 118 Å². The van der Waals surface area contributed by atoms with E-state index >= 15 is 0 Å². The standard InChI is InChI=1S/C48H57ClN4O8/c1-10-45(5,6)32-21-24-37(34(27-32)46(7,8)11-2)61-48(12-3)43(57)51-47(48)26-25-35(49)36(28-47)50-40(55)38(39(54)31-19-22-33(59-9)23-20-31)53-41(56)42(60-13-4)52(44(53)58)29-30-17-15-14-16-18-30/h14-27,38,42H,10-13,28-29H2,1-9H3,(H,50,55)(H,51,57). The molecule has 2 saturated heterocycles. The molecule has 3 aliphatic rings. The summed E-state index contributed by atoms with van der Waals surface area (Å²) in [6.07, 6.45) is 3.95. The van der Waals surface area contributed by atoms with Gasteiger partial charge in [-0.2, -0.15) is 0 Å². The van der Waals surface area contributed by atoms with Gasteiger partial charge in [0.05, 0.1) is 18.7 Å². The summed E-state index contributed by atoms with van der Waals surface area (Å²) in [5.74, 6) is -1.95. The van der Waals surface area contributed by atoms with Gasteiger partial charge in [0.1, 0.15) is 17.0 Å². The van der Waals surface area contributed by atoms with E-state index in [1.807, 2.05) is 19.1 Å². The smallest absolute Gasteiger partial charge is 0.330 e. The third-order valence-electron chi connectivity index (χ3n) is 12.8. The highest BCUT2D eigenvalue weighted by atomic mass is 35.5. The van der Waals surface area contributed by atoms with Crippen molar-refractivity contribution in [2.45, 2.75) is 122 Å². The molecule has 1 aliphatic carbocycles. The molecule has 12 nitrogen and oxygen atoms in total. The van der Waals surface area contributed by atoms with Crippen LogP contribution in [0, 0.1) is 0 Å². The molecule has 4 unspecified atom stereocenters. The normalized spacial score (nSPS) is 22.0. The molecule has 2 heterocycles. The molecule has 6 rings (SSSR count). The number of Topliss-reactive ketones (excluding diaryl/α,β-unsaturated/α-hetero) is 1. The third kappa shape index (κ3) is 8.20. The van der Waals surface area contributed by atoms with Crippen molar-refractivity contribution in [3.8, 4) is 11.5 Å². The predicted molar refractivity (Wildman–Crippen MR) is 233 cm³/mol. The fraction of sp³-hybridized carbons (Fsp3) is 0.438. The molecule has 0 radical (unpaired) electrons. The largest absolute Gasteiger partial charge is 0.497 e. The molecule has 324 valence electrons. The Morgan fingerprint density at radius 2 is 1.61 bits per heavy atom. The van der Waals surface area contributed by atoms with Crippen molar-refractivity contribution < 1.29 is 38.2 Å². The van der Waals surface area contributed by atoms with E-state index in [-0.39, 0.29) is 59.0 Å². The number of carbonyl (C=O) groups excluding carboxylic acids is 5. The van der Waals surface area contributed by atoms with E-state index in [1.54, 1.807) is 55.5 Å². The third-order valence-corrected chi connectivity index (χ3v) is 13.2. The number of urea groups is 1. The molecule has 0 bridgehead atoms. The van der Waals surface area contributed by atoms with Gasteiger partial charge in [0.25, 0.3) is 17.7 Å². The van der Waals surface area contributed by atoms with Crippen molar-refractivity contribution in [1.29, 1.82) is 0 Å². The number of hydrogen-bond acceptors (Lipinski definition) is 8. The Labute approximate surface area is 363 Å². The second kappa shape index (κ2) is 17.5. The van der Waals surface area contributed by atoms with E-state index in [2.05, 4.69) is 64.3 Å². The van der Waals surface area contributed by atoms with E-state index in [0.29, 0.717) is 22.0 Å². The summed E-state index contributed by atoms with van der Waals surface area (Å²) < 4.78 is 18.0. The monoisotopic (exact) mass is 852 g/mol. The minimum Gasteiger partial charge on any atom is -0.497 e.